The van der Waals surface area contributed by atoms with Gasteiger partial charge in [-0.1, -0.05) is 12.1 Å². The molecule has 1 aromatic rings. The maximum Gasteiger partial charge on any atom is 0.306 e. The normalized spacial score (nSPS) is 10.8. The van der Waals surface area contributed by atoms with E-state index in [9.17, 15) is 4.79 Å². The van der Waals surface area contributed by atoms with Gasteiger partial charge in [-0.25, -0.2) is 0 Å². The molecule has 0 amide bonds. The van der Waals surface area contributed by atoms with E-state index in [0.717, 1.165) is 5.56 Å². The van der Waals surface area contributed by atoms with E-state index in [1.54, 1.807) is 0 Å². The van der Waals surface area contributed by atoms with Crippen molar-refractivity contribution in [2.24, 2.45) is 5.41 Å². The topological polar surface area (TPSA) is 76.1 Å². The number of hydrogen-bond donors (Lipinski definition) is 1. The molecule has 102 valence electrons. The summed E-state index contributed by atoms with van der Waals surface area (Å²) in [6.07, 6.45) is 1.50. The fourth-order valence-corrected chi connectivity index (χ4v) is 1.54. The quantitative estimate of drug-likeness (QED) is 0.630. The Morgan fingerprint density at radius 3 is 2.84 bits per heavy atom. The van der Waals surface area contributed by atoms with E-state index < -0.39 is 5.41 Å². The summed E-state index contributed by atoms with van der Waals surface area (Å²) < 4.78 is 5.11. The summed E-state index contributed by atoms with van der Waals surface area (Å²) >= 11 is 0. The second kappa shape index (κ2) is 6.79. The molecule has 0 aliphatic carbocycles. The first-order chi connectivity index (χ1) is 8.93. The van der Waals surface area contributed by atoms with E-state index in [-0.39, 0.29) is 12.6 Å². The average Bonchev–Trinajstić information content (AvgIpc) is 2.36. The predicted octanol–water partition coefficient (Wildman–Crippen LogP) is 2.68. The van der Waals surface area contributed by atoms with Gasteiger partial charge in [0, 0.05) is 12.1 Å². The standard InChI is InChI=1S/C15H20N2O2/c1-15(2,11-16)8-9-19-14(18)7-6-12-4-3-5-13(17)10-12/h3-5,10H,6-9,17H2,1-2H3. The number of nitrogens with zero attached hydrogens (tertiary/aromatic N) is 1. The lowest BCUT2D eigenvalue weighted by Gasteiger charge is -2.14. The number of nitrogens with two attached hydrogens (primary N) is 1. The lowest BCUT2D eigenvalue weighted by atomic mass is 9.92. The van der Waals surface area contributed by atoms with Crippen molar-refractivity contribution in [3.63, 3.8) is 0 Å². The minimum Gasteiger partial charge on any atom is -0.466 e. The zero-order valence-corrected chi connectivity index (χ0v) is 11.5. The predicted molar refractivity (Wildman–Crippen MR) is 74.1 cm³/mol. The maximum absolute atomic E-state index is 11.5. The highest BCUT2D eigenvalue weighted by molar-refractivity contribution is 5.69. The second-order valence-electron chi connectivity index (χ2n) is 5.21. The summed E-state index contributed by atoms with van der Waals surface area (Å²) in [4.78, 5) is 11.5. The highest BCUT2D eigenvalue weighted by atomic mass is 16.5. The molecule has 19 heavy (non-hydrogen) atoms. The summed E-state index contributed by atoms with van der Waals surface area (Å²) in [7, 11) is 0. The van der Waals surface area contributed by atoms with Crippen LogP contribution in [0.15, 0.2) is 24.3 Å². The van der Waals surface area contributed by atoms with Gasteiger partial charge in [-0.05, 0) is 44.4 Å². The van der Waals surface area contributed by atoms with E-state index in [1.807, 2.05) is 38.1 Å². The van der Waals surface area contributed by atoms with Crippen LogP contribution in [0.1, 0.15) is 32.3 Å². The van der Waals surface area contributed by atoms with Gasteiger partial charge in [-0.3, -0.25) is 4.79 Å². The van der Waals surface area contributed by atoms with Crippen molar-refractivity contribution >= 4 is 11.7 Å². The van der Waals surface area contributed by atoms with Gasteiger partial charge in [0.05, 0.1) is 18.1 Å². The molecule has 0 saturated carbocycles. The van der Waals surface area contributed by atoms with Gasteiger partial charge in [0.1, 0.15) is 0 Å². The third-order valence-corrected chi connectivity index (χ3v) is 2.86. The summed E-state index contributed by atoms with van der Waals surface area (Å²) in [5, 5.41) is 8.83. The van der Waals surface area contributed by atoms with Crippen LogP contribution < -0.4 is 5.73 Å². The van der Waals surface area contributed by atoms with Gasteiger partial charge in [0.2, 0.25) is 0 Å². The van der Waals surface area contributed by atoms with Gasteiger partial charge < -0.3 is 10.5 Å². The third kappa shape index (κ3) is 5.91. The van der Waals surface area contributed by atoms with Crippen LogP contribution >= 0.6 is 0 Å². The van der Waals surface area contributed by atoms with Crippen LogP contribution in [0.3, 0.4) is 0 Å². The number of ether oxygens (including phenoxy) is 1. The van der Waals surface area contributed by atoms with E-state index in [2.05, 4.69) is 6.07 Å². The van der Waals surface area contributed by atoms with E-state index >= 15 is 0 Å². The van der Waals surface area contributed by atoms with Crippen molar-refractivity contribution in [2.75, 3.05) is 12.3 Å². The number of hydrogen-bond acceptors (Lipinski definition) is 4. The highest BCUT2D eigenvalue weighted by Crippen LogP contribution is 2.18. The van der Waals surface area contributed by atoms with Crippen LogP contribution in [0.2, 0.25) is 0 Å². The van der Waals surface area contributed by atoms with Gasteiger partial charge in [0.25, 0.3) is 0 Å². The molecule has 0 unspecified atom stereocenters. The smallest absolute Gasteiger partial charge is 0.306 e. The van der Waals surface area contributed by atoms with E-state index in [0.29, 0.717) is 24.9 Å². The second-order valence-corrected chi connectivity index (χ2v) is 5.21. The Kier molecular flexibility index (Phi) is 5.37. The minimum atomic E-state index is -0.450. The molecule has 0 spiro atoms. The minimum absolute atomic E-state index is 0.240. The van der Waals surface area contributed by atoms with Crippen LogP contribution in [-0.4, -0.2) is 12.6 Å². The fourth-order valence-electron chi connectivity index (χ4n) is 1.54. The zero-order chi connectivity index (χ0) is 14.3. The van der Waals surface area contributed by atoms with Gasteiger partial charge in [0.15, 0.2) is 0 Å². The Balaban J connectivity index is 2.27. The molecule has 1 rings (SSSR count). The van der Waals surface area contributed by atoms with Crippen molar-refractivity contribution in [1.29, 1.82) is 5.26 Å². The molecular formula is C15H20N2O2. The molecular weight excluding hydrogens is 240 g/mol. The van der Waals surface area contributed by atoms with Crippen molar-refractivity contribution in [2.45, 2.75) is 33.1 Å². The average molecular weight is 260 g/mol. The Hall–Kier alpha value is -2.02. The number of carbonyl (C=O) groups is 1. The fraction of sp³-hybridized carbons (Fsp3) is 0.467. The molecule has 4 nitrogen and oxygen atoms in total. The molecule has 0 heterocycles. The Labute approximate surface area is 114 Å². The zero-order valence-electron chi connectivity index (χ0n) is 11.5. The molecule has 1 aromatic carbocycles. The molecule has 0 saturated heterocycles. The van der Waals surface area contributed by atoms with Crippen molar-refractivity contribution in [3.8, 4) is 6.07 Å². The van der Waals surface area contributed by atoms with Gasteiger partial charge in [-0.15, -0.1) is 0 Å². The third-order valence-electron chi connectivity index (χ3n) is 2.86. The molecule has 0 atom stereocenters. The summed E-state index contributed by atoms with van der Waals surface area (Å²) in [5.74, 6) is -0.240. The van der Waals surface area contributed by atoms with Gasteiger partial charge >= 0.3 is 5.97 Å². The number of nitriles is 1. The number of carbonyl (C=O) groups excluding carboxylic acids is 1. The summed E-state index contributed by atoms with van der Waals surface area (Å²) in [6, 6.07) is 9.64. The number of esters is 1. The number of rotatable bonds is 6. The summed E-state index contributed by atoms with van der Waals surface area (Å²) in [6.45, 7) is 3.94. The number of nitrogen functional groups attached to an aromatic ring is 1. The Bertz CT molecular complexity index is 475. The molecule has 0 aliphatic rings. The first kappa shape index (κ1) is 15.0. The molecule has 0 aromatic heterocycles. The SMILES string of the molecule is CC(C)(C#N)CCOC(=O)CCc1cccc(N)c1. The number of aryl methyl sites for hydroxylation is 1. The van der Waals surface area contributed by atoms with Crippen LogP contribution in [0.25, 0.3) is 0 Å². The highest BCUT2D eigenvalue weighted by Gasteiger charge is 2.17. The number of anilines is 1. The molecule has 0 aliphatic heterocycles. The van der Waals surface area contributed by atoms with Crippen LogP contribution in [0.4, 0.5) is 5.69 Å². The number of benzene rings is 1. The first-order valence-electron chi connectivity index (χ1n) is 6.34. The first-order valence-corrected chi connectivity index (χ1v) is 6.34. The maximum atomic E-state index is 11.5. The van der Waals surface area contributed by atoms with E-state index in [4.69, 9.17) is 15.7 Å². The van der Waals surface area contributed by atoms with Crippen molar-refractivity contribution in [3.05, 3.63) is 29.8 Å². The van der Waals surface area contributed by atoms with Gasteiger partial charge in [-0.2, -0.15) is 5.26 Å². The lowest BCUT2D eigenvalue weighted by Crippen LogP contribution is -2.14. The van der Waals surface area contributed by atoms with Crippen LogP contribution in [0.5, 0.6) is 0 Å². The molecule has 4 heteroatoms. The van der Waals surface area contributed by atoms with Crippen molar-refractivity contribution in [1.82, 2.24) is 0 Å². The van der Waals surface area contributed by atoms with Crippen molar-refractivity contribution < 1.29 is 9.53 Å². The monoisotopic (exact) mass is 260 g/mol. The Morgan fingerprint density at radius 1 is 1.47 bits per heavy atom. The molecule has 0 bridgehead atoms. The molecule has 2 N–H and O–H groups in total. The lowest BCUT2D eigenvalue weighted by molar-refractivity contribution is -0.144. The van der Waals surface area contributed by atoms with Crippen LogP contribution in [0, 0.1) is 16.7 Å². The summed E-state index contributed by atoms with van der Waals surface area (Å²) in [5.41, 5.74) is 6.93. The van der Waals surface area contributed by atoms with E-state index in [1.165, 1.54) is 0 Å². The molecule has 0 radical (unpaired) electrons. The Morgan fingerprint density at radius 2 is 2.21 bits per heavy atom. The molecule has 0 fully saturated rings. The largest absolute Gasteiger partial charge is 0.466 e. The van der Waals surface area contributed by atoms with Crippen LogP contribution in [-0.2, 0) is 16.0 Å².